The highest BCUT2D eigenvalue weighted by molar-refractivity contribution is 6.31. The van der Waals surface area contributed by atoms with Gasteiger partial charge < -0.3 is 55.1 Å². The van der Waals surface area contributed by atoms with Gasteiger partial charge in [-0.3, -0.25) is 52.7 Å². The molecule has 3 saturated carbocycles. The third kappa shape index (κ3) is 16.8. The van der Waals surface area contributed by atoms with Gasteiger partial charge >= 0.3 is 6.18 Å². The van der Waals surface area contributed by atoms with Crippen molar-refractivity contribution in [3.8, 4) is 0 Å². The molecule has 1 spiro atoms. The number of nitrogens with one attached hydrogen (secondary N) is 3. The second kappa shape index (κ2) is 31.4. The van der Waals surface area contributed by atoms with Gasteiger partial charge in [-0.1, -0.05) is 90.3 Å². The summed E-state index contributed by atoms with van der Waals surface area (Å²) in [7, 11) is 9.00. The number of likely N-dealkylation sites (N-methyl/N-ethyl adjacent to an activating group) is 6. The van der Waals surface area contributed by atoms with Crippen molar-refractivity contribution in [1.82, 2.24) is 55.1 Å². The van der Waals surface area contributed by atoms with Crippen LogP contribution in [0.4, 0.5) is 13.2 Å². The Labute approximate surface area is 551 Å². The van der Waals surface area contributed by atoms with E-state index in [9.17, 15) is 51.5 Å². The number of hydrogen-bond donors (Lipinski definition) is 3. The zero-order chi connectivity index (χ0) is 68.7. The van der Waals surface area contributed by atoms with Crippen LogP contribution >= 0.6 is 11.6 Å². The first-order valence-corrected chi connectivity index (χ1v) is 34.1. The fraction of sp³-hybridized carbons (Fsp3) is 0.746. The molecule has 6 fully saturated rings. The lowest BCUT2D eigenvalue weighted by atomic mass is 9.90. The van der Waals surface area contributed by atoms with Gasteiger partial charge in [0.15, 0.2) is 0 Å². The van der Waals surface area contributed by atoms with Gasteiger partial charge in [0, 0.05) is 67.8 Å². The normalized spacial score (nSPS) is 28.9. The van der Waals surface area contributed by atoms with E-state index < -0.39 is 154 Å². The molecule has 93 heavy (non-hydrogen) atoms. The first-order chi connectivity index (χ1) is 43.7. The van der Waals surface area contributed by atoms with Gasteiger partial charge in [-0.25, -0.2) is 0 Å². The van der Waals surface area contributed by atoms with Crippen molar-refractivity contribution in [1.29, 1.82) is 0 Å². The number of carbonyl (C=O) groups is 11. The molecule has 518 valence electrons. The number of alkyl halides is 3. The molecule has 22 nitrogen and oxygen atoms in total. The molecule has 3 aliphatic carbocycles. The van der Waals surface area contributed by atoms with Crippen LogP contribution in [0.15, 0.2) is 18.2 Å². The third-order valence-electron chi connectivity index (χ3n) is 21.2. The first-order valence-electron chi connectivity index (χ1n) is 33.7. The molecule has 11 amide bonds. The van der Waals surface area contributed by atoms with Crippen LogP contribution < -0.4 is 16.0 Å². The monoisotopic (exact) mass is 1330 g/mol. The maximum absolute atomic E-state index is 15.4. The van der Waals surface area contributed by atoms with Gasteiger partial charge in [0.1, 0.15) is 53.9 Å². The Bertz CT molecular complexity index is 2940. The number of carbonyl (C=O) groups excluding carboxylic acids is 11. The number of amides is 11. The highest BCUT2D eigenvalue weighted by Gasteiger charge is 2.52. The van der Waals surface area contributed by atoms with Crippen molar-refractivity contribution in [2.75, 3.05) is 61.9 Å². The molecule has 0 radical (unpaired) electrons. The van der Waals surface area contributed by atoms with E-state index in [-0.39, 0.29) is 82.2 Å². The molecule has 1 aromatic carbocycles. The molecule has 10 atom stereocenters. The standard InChI is InChI=1S/C67H101ClF3N11O11/c1-13-40(4)54-62(90)77(9)42(6)59(87)82-34-30-50(82)61(89)79(11)55(44-21-14-15-22-44)63(91)75(7)38-52(83)72-48(29-27-43-26-28-46(47(68)37-43)67(69,70)71)60(88)81-33-20-25-49(81)58(86)74-66(31-18-19-32-66)65(93)80(12)56(45-23-16-17-24-45)64(92)76(8)41(5)36-53(84)78(10)51(35-39(2)3)57(85)73-54/h26,28,37,39-42,44-45,48-51,54-56H,13-25,27,29-36,38H2,1-12H3,(H,72,83)(H,73,85)(H,74,86)/t40-,41+,42-,48-,49-,50-,51-,54-,55-,56-/m0/s1. The summed E-state index contributed by atoms with van der Waals surface area (Å²) in [5, 5.41) is 8.24. The molecule has 3 aliphatic heterocycles. The van der Waals surface area contributed by atoms with Gasteiger partial charge in [0.25, 0.3) is 0 Å². The van der Waals surface area contributed by atoms with E-state index in [1.807, 2.05) is 20.8 Å². The summed E-state index contributed by atoms with van der Waals surface area (Å²) in [4.78, 5) is 174. The Morgan fingerprint density at radius 3 is 1.76 bits per heavy atom. The smallest absolute Gasteiger partial charge is 0.343 e. The molecule has 0 bridgehead atoms. The molecule has 3 heterocycles. The van der Waals surface area contributed by atoms with Crippen LogP contribution in [0.5, 0.6) is 0 Å². The predicted molar refractivity (Wildman–Crippen MR) is 342 cm³/mol. The van der Waals surface area contributed by atoms with Crippen molar-refractivity contribution < 1.29 is 65.9 Å². The second-order valence-corrected chi connectivity index (χ2v) is 28.4. The fourth-order valence-electron chi connectivity index (χ4n) is 14.9. The largest absolute Gasteiger partial charge is 0.417 e. The summed E-state index contributed by atoms with van der Waals surface area (Å²) in [6, 6.07) is -6.44. The summed E-state index contributed by atoms with van der Waals surface area (Å²) in [5.74, 6) is -7.35. The molecule has 3 N–H and O–H groups in total. The van der Waals surface area contributed by atoms with Gasteiger partial charge in [0.2, 0.25) is 65.0 Å². The molecule has 1 aromatic rings. The minimum Gasteiger partial charge on any atom is -0.343 e. The summed E-state index contributed by atoms with van der Waals surface area (Å²) < 4.78 is 41.4. The van der Waals surface area contributed by atoms with Crippen molar-refractivity contribution in [2.45, 2.75) is 236 Å². The van der Waals surface area contributed by atoms with E-state index in [0.29, 0.717) is 56.9 Å². The molecule has 3 saturated heterocycles. The van der Waals surface area contributed by atoms with Crippen molar-refractivity contribution in [2.24, 2.45) is 23.7 Å². The van der Waals surface area contributed by atoms with E-state index in [1.54, 1.807) is 27.9 Å². The van der Waals surface area contributed by atoms with Gasteiger partial charge in [-0.15, -0.1) is 0 Å². The lowest BCUT2D eigenvalue weighted by molar-refractivity contribution is -0.161. The minimum absolute atomic E-state index is 0.0571. The molecule has 26 heteroatoms. The average molecular weight is 1330 g/mol. The number of nitrogens with zero attached hydrogens (tertiary/aromatic N) is 8. The van der Waals surface area contributed by atoms with Crippen LogP contribution in [0.3, 0.4) is 0 Å². The fourth-order valence-corrected chi connectivity index (χ4v) is 15.2. The number of aryl methyl sites for hydroxylation is 1. The van der Waals surface area contributed by atoms with E-state index in [2.05, 4.69) is 16.0 Å². The Kier molecular flexibility index (Phi) is 24.9. The molecule has 7 rings (SSSR count). The Morgan fingerprint density at radius 2 is 1.22 bits per heavy atom. The van der Waals surface area contributed by atoms with Crippen LogP contribution in [0.1, 0.15) is 175 Å². The summed E-state index contributed by atoms with van der Waals surface area (Å²) in [5.41, 5.74) is -2.22. The maximum Gasteiger partial charge on any atom is 0.417 e. The lowest BCUT2D eigenvalue weighted by Gasteiger charge is -2.45. The topological polar surface area (TPSA) is 250 Å². The van der Waals surface area contributed by atoms with Crippen LogP contribution in [0.25, 0.3) is 0 Å². The third-order valence-corrected chi connectivity index (χ3v) is 21.5. The van der Waals surface area contributed by atoms with E-state index in [4.69, 9.17) is 11.6 Å². The van der Waals surface area contributed by atoms with Crippen LogP contribution in [0.2, 0.25) is 5.02 Å². The van der Waals surface area contributed by atoms with Crippen molar-refractivity contribution in [3.05, 3.63) is 34.3 Å². The van der Waals surface area contributed by atoms with Crippen LogP contribution in [0, 0.1) is 23.7 Å². The second-order valence-electron chi connectivity index (χ2n) is 28.0. The van der Waals surface area contributed by atoms with Crippen molar-refractivity contribution in [3.63, 3.8) is 0 Å². The molecule has 6 aliphatic rings. The number of fused-ring (bicyclic) bond motifs is 2. The Balaban J connectivity index is 1.25. The Hall–Kier alpha value is -6.53. The van der Waals surface area contributed by atoms with Gasteiger partial charge in [-0.05, 0) is 132 Å². The first kappa shape index (κ1) is 73.9. The number of hydrogen-bond acceptors (Lipinski definition) is 11. The molecule has 0 aromatic heterocycles. The number of benzene rings is 1. The lowest BCUT2D eigenvalue weighted by Crippen LogP contribution is -2.65. The average Bonchev–Trinajstić information content (AvgIpc) is 1.77. The van der Waals surface area contributed by atoms with Crippen LogP contribution in [-0.2, 0) is 65.3 Å². The number of halogens is 4. The molecular weight excluding hydrogens is 1230 g/mol. The highest BCUT2D eigenvalue weighted by atomic mass is 35.5. The van der Waals surface area contributed by atoms with E-state index >= 15 is 14.4 Å². The SMILES string of the molecule is CC[C@H](C)[C@@H]1NC(=O)[C@H](CC(C)C)N(C)C(=O)C[C@@H](C)N(C)C(=O)[C@H](C2CCCC2)N(C)C(=O)C2(CCCC2)NC(=O)[C@@H]2CCCN2C(=O)[C@H](CCc2ccc(C(F)(F)F)c(Cl)c2)NC(=O)CN(C)C(=O)[C@H](C2CCCC2)N(C)C(=O)[C@@H]2CCN2C(=O)[C@H](C)N(C)C1=O. The zero-order valence-electron chi connectivity index (χ0n) is 56.6. The predicted octanol–water partition coefficient (Wildman–Crippen LogP) is 5.79. The van der Waals surface area contributed by atoms with E-state index in [1.165, 1.54) is 75.5 Å². The Morgan fingerprint density at radius 1 is 0.624 bits per heavy atom. The van der Waals surface area contributed by atoms with Gasteiger partial charge in [-0.2, -0.15) is 13.2 Å². The summed E-state index contributed by atoms with van der Waals surface area (Å²) in [6.45, 7) is 10.4. The summed E-state index contributed by atoms with van der Waals surface area (Å²) in [6.07, 6.45) is 3.52. The number of rotatable bonds is 9. The molecular formula is C67H101ClF3N11O11. The molecule has 0 unspecified atom stereocenters. The minimum atomic E-state index is -4.74. The quantitative estimate of drug-likeness (QED) is 0.267. The van der Waals surface area contributed by atoms with Crippen molar-refractivity contribution >= 4 is 76.6 Å². The zero-order valence-corrected chi connectivity index (χ0v) is 57.3. The highest BCUT2D eigenvalue weighted by Crippen LogP contribution is 2.39. The maximum atomic E-state index is 15.4. The van der Waals surface area contributed by atoms with Gasteiger partial charge in [0.05, 0.1) is 17.1 Å². The van der Waals surface area contributed by atoms with E-state index in [0.717, 1.165) is 42.7 Å². The van der Waals surface area contributed by atoms with Crippen LogP contribution in [-0.4, -0.2) is 226 Å². The summed E-state index contributed by atoms with van der Waals surface area (Å²) >= 11 is 6.14.